The molecule has 1 amide bonds. The number of unbranched alkanes of at least 4 members (excludes halogenated alkanes) is 5. The molecule has 21 heteroatoms. The summed E-state index contributed by atoms with van der Waals surface area (Å²) in [5, 5.41) is 2.75. The highest BCUT2D eigenvalue weighted by atomic mass is 16.8. The van der Waals surface area contributed by atoms with Crippen LogP contribution in [-0.4, -0.2) is 142 Å². The molecule has 2 aliphatic heterocycles. The van der Waals surface area contributed by atoms with Crippen molar-refractivity contribution in [1.82, 2.24) is 5.32 Å². The molecule has 0 bridgehead atoms. The van der Waals surface area contributed by atoms with Crippen LogP contribution < -0.4 is 11.1 Å². The van der Waals surface area contributed by atoms with E-state index in [2.05, 4.69) is 12.2 Å². The van der Waals surface area contributed by atoms with Gasteiger partial charge in [0.05, 0.1) is 6.61 Å². The van der Waals surface area contributed by atoms with Crippen molar-refractivity contribution in [3.8, 4) is 0 Å². The lowest BCUT2D eigenvalue weighted by Gasteiger charge is -2.48. The lowest BCUT2D eigenvalue weighted by Crippen LogP contribution is -2.67. The first-order chi connectivity index (χ1) is 27.3. The molecule has 2 rings (SSSR count). The Morgan fingerprint density at radius 2 is 0.948 bits per heavy atom. The summed E-state index contributed by atoms with van der Waals surface area (Å²) >= 11 is 0. The van der Waals surface area contributed by atoms with Crippen molar-refractivity contribution in [2.24, 2.45) is 5.73 Å². The molecule has 0 aliphatic carbocycles. The third-order valence-corrected chi connectivity index (χ3v) is 8.49. The van der Waals surface area contributed by atoms with Crippen molar-refractivity contribution in [1.29, 1.82) is 0 Å². The third kappa shape index (κ3) is 17.2. The van der Waals surface area contributed by atoms with Crippen LogP contribution >= 0.6 is 0 Å². The third-order valence-electron chi connectivity index (χ3n) is 8.49. The number of carbonyl (C=O) groups is 8. The van der Waals surface area contributed by atoms with E-state index in [9.17, 15) is 38.4 Å². The molecule has 21 nitrogen and oxygen atoms in total. The fourth-order valence-electron chi connectivity index (χ4n) is 6.13. The summed E-state index contributed by atoms with van der Waals surface area (Å²) in [6.45, 7) is 8.16. The molecular formula is C37H58N2O19. The van der Waals surface area contributed by atoms with Gasteiger partial charge in [-0.3, -0.25) is 38.4 Å². The Kier molecular flexibility index (Phi) is 21.5. The summed E-state index contributed by atoms with van der Waals surface area (Å²) in [5.74, 6) is -6.63. The average molecular weight is 835 g/mol. The maximum absolute atomic E-state index is 12.8. The van der Waals surface area contributed by atoms with Gasteiger partial charge in [0.2, 0.25) is 5.91 Å². The maximum Gasteiger partial charge on any atom is 0.303 e. The summed E-state index contributed by atoms with van der Waals surface area (Å²) in [4.78, 5) is 98.8. The summed E-state index contributed by atoms with van der Waals surface area (Å²) in [6.07, 6.45) is -10.2. The smallest absolute Gasteiger partial charge is 0.303 e. The molecule has 0 aromatic rings. The van der Waals surface area contributed by atoms with Gasteiger partial charge in [-0.2, -0.15) is 0 Å². The Hall–Kier alpha value is -4.44. The Labute approximate surface area is 336 Å². The van der Waals surface area contributed by atoms with Gasteiger partial charge in [0.1, 0.15) is 37.6 Å². The molecule has 0 saturated carbocycles. The number of esters is 7. The molecule has 2 saturated heterocycles. The zero-order valence-corrected chi connectivity index (χ0v) is 34.3. The molecule has 0 aromatic heterocycles. The molecule has 4 unspecified atom stereocenters. The van der Waals surface area contributed by atoms with E-state index in [1.807, 2.05) is 0 Å². The van der Waals surface area contributed by atoms with E-state index < -0.39 is 135 Å². The second-order valence-corrected chi connectivity index (χ2v) is 13.7. The highest BCUT2D eigenvalue weighted by molar-refractivity contribution is 5.81. The van der Waals surface area contributed by atoms with Gasteiger partial charge in [0, 0.05) is 55.0 Å². The number of nitrogens with one attached hydrogen (secondary N) is 1. The van der Waals surface area contributed by atoms with Crippen LogP contribution in [0.4, 0.5) is 0 Å². The Morgan fingerprint density at radius 1 is 0.534 bits per heavy atom. The second kappa shape index (κ2) is 25.1. The van der Waals surface area contributed by atoms with Gasteiger partial charge in [0.15, 0.2) is 43.1 Å². The number of hydrogen-bond donors (Lipinski definition) is 2. The minimum Gasteiger partial charge on any atom is -0.463 e. The standard InChI is InChI=1S/C37H58N2O19/c1-9-10-11-12-13-14-15-39-35(47)26(38)16-50-36-33(54-24(7)45)32(53-23(6)44)30(28(56-36)18-49-20(3)41)58-37-34(55-25(8)46)31(52-22(5)43)29(51-21(4)42)27(57-37)17-48-19(2)40/h26-34,36-37H,9-18,38H2,1-8H3,(H,39,47)/t26-,27?,28-,29-,30+,31-,32?,33?,34?,36+,37-/m0/s1. The molecule has 2 heterocycles. The number of nitrogens with two attached hydrogens (primary N) is 1. The van der Waals surface area contributed by atoms with Crippen LogP contribution in [0.5, 0.6) is 0 Å². The first kappa shape index (κ1) is 49.7. The fourth-order valence-corrected chi connectivity index (χ4v) is 6.13. The summed E-state index contributed by atoms with van der Waals surface area (Å²) < 4.78 is 62.2. The monoisotopic (exact) mass is 834 g/mol. The molecule has 0 radical (unpaired) electrons. The van der Waals surface area contributed by atoms with Crippen molar-refractivity contribution in [3.05, 3.63) is 0 Å². The molecule has 0 aromatic carbocycles. The van der Waals surface area contributed by atoms with Crippen molar-refractivity contribution in [2.75, 3.05) is 26.4 Å². The lowest BCUT2D eigenvalue weighted by molar-refractivity contribution is -0.361. The molecule has 11 atom stereocenters. The predicted molar refractivity (Wildman–Crippen MR) is 194 cm³/mol. The highest BCUT2D eigenvalue weighted by Gasteiger charge is 2.57. The Bertz CT molecular complexity index is 1410. The zero-order chi connectivity index (χ0) is 43.5. The molecule has 3 N–H and O–H groups in total. The van der Waals surface area contributed by atoms with Crippen LogP contribution in [0.3, 0.4) is 0 Å². The minimum absolute atomic E-state index is 0.381. The van der Waals surface area contributed by atoms with Gasteiger partial charge in [-0.15, -0.1) is 0 Å². The lowest BCUT2D eigenvalue weighted by atomic mass is 9.96. The van der Waals surface area contributed by atoms with Crippen LogP contribution in [0.1, 0.15) is 93.9 Å². The van der Waals surface area contributed by atoms with Crippen LogP contribution in [0.2, 0.25) is 0 Å². The van der Waals surface area contributed by atoms with Crippen molar-refractivity contribution in [2.45, 2.75) is 161 Å². The van der Waals surface area contributed by atoms with Crippen LogP contribution in [0.15, 0.2) is 0 Å². The number of amides is 1. The number of carbonyl (C=O) groups excluding carboxylic acids is 8. The fraction of sp³-hybridized carbons (Fsp3) is 0.784. The van der Waals surface area contributed by atoms with Crippen molar-refractivity contribution in [3.63, 3.8) is 0 Å². The van der Waals surface area contributed by atoms with Gasteiger partial charge >= 0.3 is 41.8 Å². The highest BCUT2D eigenvalue weighted by Crippen LogP contribution is 2.35. The number of ether oxygens (including phenoxy) is 11. The quantitative estimate of drug-likeness (QED) is 0.0850. The van der Waals surface area contributed by atoms with Gasteiger partial charge in [-0.25, -0.2) is 0 Å². The molecule has 2 fully saturated rings. The van der Waals surface area contributed by atoms with Crippen molar-refractivity contribution >= 4 is 47.7 Å². The first-order valence-corrected chi connectivity index (χ1v) is 19.1. The van der Waals surface area contributed by atoms with Crippen LogP contribution in [0.25, 0.3) is 0 Å². The summed E-state index contributed by atoms with van der Waals surface area (Å²) in [5.41, 5.74) is 6.12. The second-order valence-electron chi connectivity index (χ2n) is 13.7. The van der Waals surface area contributed by atoms with E-state index in [1.54, 1.807) is 0 Å². The van der Waals surface area contributed by atoms with Gasteiger partial charge in [-0.05, 0) is 6.42 Å². The SMILES string of the molecule is CCCCCCCCNC(=O)[C@@H](N)CO[C@@H]1O[C@@H](COC(C)=O)[C@@H](O[C@@H]2OC(COC(C)=O)[C@H](OC(C)=O)[C@H](OC(C)=O)C2OC(C)=O)C(OC(C)=O)C1OC(C)=O. The summed E-state index contributed by atoms with van der Waals surface area (Å²) in [6, 6.07) is -1.23. The Balaban J connectivity index is 2.55. The largest absolute Gasteiger partial charge is 0.463 e. The van der Waals surface area contributed by atoms with Gasteiger partial charge in [-0.1, -0.05) is 39.0 Å². The molecule has 330 valence electrons. The Morgan fingerprint density at radius 3 is 1.45 bits per heavy atom. The molecule has 0 spiro atoms. The van der Waals surface area contributed by atoms with E-state index in [4.69, 9.17) is 57.8 Å². The van der Waals surface area contributed by atoms with E-state index in [-0.39, 0.29) is 0 Å². The van der Waals surface area contributed by atoms with Gasteiger partial charge in [0.25, 0.3) is 0 Å². The van der Waals surface area contributed by atoms with Crippen LogP contribution in [0, 0.1) is 0 Å². The number of rotatable bonds is 22. The predicted octanol–water partition coefficient (Wildman–Crippen LogP) is 0.427. The topological polar surface area (TPSA) is 276 Å². The van der Waals surface area contributed by atoms with Crippen molar-refractivity contribution < 1.29 is 90.5 Å². The van der Waals surface area contributed by atoms with E-state index in [1.165, 1.54) is 0 Å². The molecule has 2 aliphatic rings. The van der Waals surface area contributed by atoms with E-state index in [0.29, 0.717) is 6.54 Å². The maximum atomic E-state index is 12.8. The minimum atomic E-state index is -1.84. The molecular weight excluding hydrogens is 776 g/mol. The van der Waals surface area contributed by atoms with E-state index >= 15 is 0 Å². The normalized spacial score (nSPS) is 27.2. The average Bonchev–Trinajstić information content (AvgIpc) is 3.11. The van der Waals surface area contributed by atoms with Crippen LogP contribution in [-0.2, 0) is 90.5 Å². The zero-order valence-electron chi connectivity index (χ0n) is 34.3. The first-order valence-electron chi connectivity index (χ1n) is 19.1. The molecule has 58 heavy (non-hydrogen) atoms. The van der Waals surface area contributed by atoms with E-state index in [0.717, 1.165) is 87.0 Å². The number of hydrogen-bond acceptors (Lipinski definition) is 20. The summed E-state index contributed by atoms with van der Waals surface area (Å²) in [7, 11) is 0. The van der Waals surface area contributed by atoms with Gasteiger partial charge < -0.3 is 63.2 Å².